The number of carbonyl (C=O) groups is 1. The molecule has 156 valence electrons. The van der Waals surface area contributed by atoms with Crippen molar-refractivity contribution in [3.05, 3.63) is 64.5 Å². The molecule has 1 aliphatic rings. The fourth-order valence-electron chi connectivity index (χ4n) is 3.96. The molecule has 2 heterocycles. The van der Waals surface area contributed by atoms with E-state index in [-0.39, 0.29) is 5.58 Å². The van der Waals surface area contributed by atoms with Crippen LogP contribution in [0.1, 0.15) is 18.9 Å². The van der Waals surface area contributed by atoms with Crippen LogP contribution < -0.4 is 15.3 Å². The minimum atomic E-state index is -3.23. The zero-order valence-electron chi connectivity index (χ0n) is 16.6. The monoisotopic (exact) mass is 431 g/mol. The van der Waals surface area contributed by atoms with E-state index in [1.165, 1.54) is 32.0 Å². The Bertz CT molecular complexity index is 1190. The zero-order valence-corrected chi connectivity index (χ0v) is 17.4. The predicted octanol–water partition coefficient (Wildman–Crippen LogP) is 4.81. The summed E-state index contributed by atoms with van der Waals surface area (Å²) >= 11 is 0.401. The van der Waals surface area contributed by atoms with Gasteiger partial charge in [-0.2, -0.15) is 8.78 Å². The SMILES string of the molecule is COc1ccc(SC(F)(F)CC2(C)C(=O)N(C)c3cc(=O)oc4cccc2c34)cc1. The molecule has 4 rings (SSSR count). The normalized spacial score (nSPS) is 18.7. The summed E-state index contributed by atoms with van der Waals surface area (Å²) in [6.45, 7) is 1.51. The number of alkyl halides is 2. The Labute approximate surface area is 175 Å². The third kappa shape index (κ3) is 3.35. The number of hydrogen-bond acceptors (Lipinski definition) is 5. The zero-order chi connectivity index (χ0) is 21.7. The van der Waals surface area contributed by atoms with Gasteiger partial charge in [0.2, 0.25) is 5.91 Å². The molecular formula is C22H19F2NO4S. The molecule has 5 nitrogen and oxygen atoms in total. The van der Waals surface area contributed by atoms with Gasteiger partial charge < -0.3 is 14.1 Å². The van der Waals surface area contributed by atoms with Gasteiger partial charge in [-0.25, -0.2) is 4.79 Å². The highest BCUT2D eigenvalue weighted by Gasteiger charge is 2.50. The summed E-state index contributed by atoms with van der Waals surface area (Å²) in [5.74, 6) is 0.0756. The van der Waals surface area contributed by atoms with Crippen molar-refractivity contribution in [3.63, 3.8) is 0 Å². The highest BCUT2D eigenvalue weighted by molar-refractivity contribution is 8.00. The Kier molecular flexibility index (Phi) is 4.85. The maximum absolute atomic E-state index is 15.1. The minimum Gasteiger partial charge on any atom is -0.497 e. The number of nitrogens with zero attached hydrogens (tertiary/aromatic N) is 1. The van der Waals surface area contributed by atoms with E-state index in [0.29, 0.717) is 39.0 Å². The van der Waals surface area contributed by atoms with Gasteiger partial charge in [-0.1, -0.05) is 23.9 Å². The van der Waals surface area contributed by atoms with Crippen LogP contribution in [0.2, 0.25) is 0 Å². The summed E-state index contributed by atoms with van der Waals surface area (Å²) in [5.41, 5.74) is -1.03. The van der Waals surface area contributed by atoms with Crippen molar-refractivity contribution >= 4 is 34.3 Å². The van der Waals surface area contributed by atoms with Crippen molar-refractivity contribution in [1.29, 1.82) is 0 Å². The van der Waals surface area contributed by atoms with Crippen molar-refractivity contribution in [2.45, 2.75) is 28.9 Å². The van der Waals surface area contributed by atoms with Crippen LogP contribution in [0.15, 0.2) is 62.6 Å². The smallest absolute Gasteiger partial charge is 0.338 e. The minimum absolute atomic E-state index is 0.270. The van der Waals surface area contributed by atoms with Crippen LogP contribution in [-0.2, 0) is 10.2 Å². The molecule has 0 saturated carbocycles. The Balaban J connectivity index is 1.76. The fraction of sp³-hybridized carbons (Fsp3) is 0.273. The van der Waals surface area contributed by atoms with Crippen LogP contribution in [-0.4, -0.2) is 25.3 Å². The van der Waals surface area contributed by atoms with Crippen molar-refractivity contribution in [1.82, 2.24) is 0 Å². The van der Waals surface area contributed by atoms with Crippen LogP contribution in [0.4, 0.5) is 14.5 Å². The lowest BCUT2D eigenvalue weighted by Crippen LogP contribution is -2.49. The molecule has 3 aromatic rings. The molecule has 0 aliphatic carbocycles. The van der Waals surface area contributed by atoms with E-state index in [2.05, 4.69) is 0 Å². The Morgan fingerprint density at radius 1 is 1.17 bits per heavy atom. The lowest BCUT2D eigenvalue weighted by molar-refractivity contribution is -0.125. The first kappa shape index (κ1) is 20.4. The molecule has 0 N–H and O–H groups in total. The molecule has 1 unspecified atom stereocenters. The maximum Gasteiger partial charge on any atom is 0.338 e. The lowest BCUT2D eigenvalue weighted by Gasteiger charge is -2.40. The van der Waals surface area contributed by atoms with Gasteiger partial charge in [-0.15, -0.1) is 0 Å². The van der Waals surface area contributed by atoms with Crippen molar-refractivity contribution in [3.8, 4) is 5.75 Å². The molecule has 8 heteroatoms. The average Bonchev–Trinajstić information content (AvgIpc) is 2.70. The standard InChI is InChI=1S/C22H19F2NO4S/c1-21(12-22(23,24)30-14-9-7-13(28-3)8-10-14)15-5-4-6-17-19(15)16(11-18(26)29-17)25(2)20(21)27/h4-11H,12H2,1-3H3. The highest BCUT2D eigenvalue weighted by atomic mass is 32.2. The fourth-order valence-corrected chi connectivity index (χ4v) is 4.93. The molecule has 1 aromatic heterocycles. The van der Waals surface area contributed by atoms with E-state index in [4.69, 9.17) is 9.15 Å². The second-order valence-electron chi connectivity index (χ2n) is 7.42. The van der Waals surface area contributed by atoms with Crippen LogP contribution in [0, 0.1) is 0 Å². The summed E-state index contributed by atoms with van der Waals surface area (Å²) < 4.78 is 40.6. The first-order valence-corrected chi connectivity index (χ1v) is 10.0. The molecule has 2 aromatic carbocycles. The molecule has 0 spiro atoms. The third-order valence-corrected chi connectivity index (χ3v) is 6.32. The van der Waals surface area contributed by atoms with Crippen LogP contribution >= 0.6 is 11.8 Å². The Hall–Kier alpha value is -2.87. The first-order valence-electron chi connectivity index (χ1n) is 9.21. The number of benzene rings is 2. The van der Waals surface area contributed by atoms with Gasteiger partial charge in [0.1, 0.15) is 11.3 Å². The maximum atomic E-state index is 15.1. The number of hydrogen-bond donors (Lipinski definition) is 0. The van der Waals surface area contributed by atoms with E-state index >= 15 is 8.78 Å². The average molecular weight is 431 g/mol. The number of thioether (sulfide) groups is 1. The lowest BCUT2D eigenvalue weighted by atomic mass is 9.74. The molecule has 1 aliphatic heterocycles. The summed E-state index contributed by atoms with van der Waals surface area (Å²) in [6.07, 6.45) is -0.711. The van der Waals surface area contributed by atoms with Crippen LogP contribution in [0.3, 0.4) is 0 Å². The number of halogens is 2. The molecule has 30 heavy (non-hydrogen) atoms. The quantitative estimate of drug-likeness (QED) is 0.429. The molecule has 0 radical (unpaired) electrons. The summed E-state index contributed by atoms with van der Waals surface area (Å²) in [6, 6.07) is 12.4. The first-order chi connectivity index (χ1) is 14.1. The molecule has 0 saturated heterocycles. The highest BCUT2D eigenvalue weighted by Crippen LogP contribution is 2.50. The van der Waals surface area contributed by atoms with E-state index < -0.39 is 28.6 Å². The van der Waals surface area contributed by atoms with Crippen molar-refractivity contribution in [2.75, 3.05) is 19.1 Å². The van der Waals surface area contributed by atoms with Crippen LogP contribution in [0.25, 0.3) is 11.0 Å². The van der Waals surface area contributed by atoms with Gasteiger partial charge in [0, 0.05) is 29.8 Å². The summed E-state index contributed by atoms with van der Waals surface area (Å²) in [4.78, 5) is 26.7. The topological polar surface area (TPSA) is 59.8 Å². The van der Waals surface area contributed by atoms with Gasteiger partial charge >= 0.3 is 5.63 Å². The Morgan fingerprint density at radius 2 is 1.87 bits per heavy atom. The van der Waals surface area contributed by atoms with E-state index in [9.17, 15) is 9.59 Å². The van der Waals surface area contributed by atoms with Crippen molar-refractivity contribution in [2.24, 2.45) is 0 Å². The second-order valence-corrected chi connectivity index (χ2v) is 8.69. The number of likely N-dealkylation sites (N-methyl/N-ethyl adjacent to an activating group) is 1. The largest absolute Gasteiger partial charge is 0.497 e. The number of ether oxygens (including phenoxy) is 1. The molecule has 1 atom stereocenters. The van der Waals surface area contributed by atoms with Crippen molar-refractivity contribution < 1.29 is 22.7 Å². The van der Waals surface area contributed by atoms with Gasteiger partial charge in [-0.3, -0.25) is 4.79 Å². The molecular weight excluding hydrogens is 412 g/mol. The summed E-state index contributed by atoms with van der Waals surface area (Å²) in [7, 11) is 2.99. The van der Waals surface area contributed by atoms with E-state index in [1.54, 1.807) is 42.5 Å². The summed E-state index contributed by atoms with van der Waals surface area (Å²) in [5, 5.41) is -2.72. The van der Waals surface area contributed by atoms with E-state index in [0.717, 1.165) is 0 Å². The number of anilines is 1. The molecule has 0 bridgehead atoms. The molecule has 0 fully saturated rings. The van der Waals surface area contributed by atoms with Gasteiger partial charge in [0.25, 0.3) is 5.25 Å². The predicted molar refractivity (Wildman–Crippen MR) is 112 cm³/mol. The number of carbonyl (C=O) groups excluding carboxylic acids is 1. The third-order valence-electron chi connectivity index (χ3n) is 5.37. The number of rotatable bonds is 5. The van der Waals surface area contributed by atoms with Gasteiger partial charge in [-0.05, 0) is 42.8 Å². The Morgan fingerprint density at radius 3 is 2.53 bits per heavy atom. The van der Waals surface area contributed by atoms with Gasteiger partial charge in [0.15, 0.2) is 0 Å². The number of methoxy groups -OCH3 is 1. The second kappa shape index (κ2) is 7.12. The van der Waals surface area contributed by atoms with E-state index in [1.807, 2.05) is 0 Å². The van der Waals surface area contributed by atoms with Crippen LogP contribution in [0.5, 0.6) is 5.75 Å². The van der Waals surface area contributed by atoms with Gasteiger partial charge in [0.05, 0.1) is 18.2 Å². The molecule has 1 amide bonds. The number of amides is 1.